The quantitative estimate of drug-likeness (QED) is 0.672. The predicted octanol–water partition coefficient (Wildman–Crippen LogP) is 4.22. The van der Waals surface area contributed by atoms with E-state index in [-0.39, 0.29) is 5.56 Å². The summed E-state index contributed by atoms with van der Waals surface area (Å²) in [7, 11) is 0. The van der Waals surface area contributed by atoms with E-state index in [9.17, 15) is 4.79 Å². The Hall–Kier alpha value is -2.39. The second-order valence-electron chi connectivity index (χ2n) is 5.72. The Kier molecular flexibility index (Phi) is 3.50. The number of rotatable bonds is 1. The summed E-state index contributed by atoms with van der Waals surface area (Å²) in [5.74, 6) is 0. The lowest BCUT2D eigenvalue weighted by Gasteiger charge is -2.18. The standard InChI is InChI=1S/C19H15ClN2O/c20-16-9-2-1-6-13(16)12-14-7-5-8-15-18(14)21-17-10-3-4-11-22(17)19(15)23/h1-4,6,9-12H,5,7-8H2/b14-12-. The van der Waals surface area contributed by atoms with Gasteiger partial charge in [0, 0.05) is 16.8 Å². The largest absolute Gasteiger partial charge is 0.269 e. The van der Waals surface area contributed by atoms with Crippen molar-refractivity contribution in [3.63, 3.8) is 0 Å². The Labute approximate surface area is 138 Å². The maximum Gasteiger partial charge on any atom is 0.261 e. The molecule has 0 atom stereocenters. The number of fused-ring (bicyclic) bond motifs is 2. The maximum absolute atomic E-state index is 12.7. The zero-order chi connectivity index (χ0) is 15.8. The normalized spacial score (nSPS) is 15.8. The van der Waals surface area contributed by atoms with Gasteiger partial charge < -0.3 is 0 Å². The molecular weight excluding hydrogens is 308 g/mol. The summed E-state index contributed by atoms with van der Waals surface area (Å²) in [5, 5.41) is 0.713. The van der Waals surface area contributed by atoms with Crippen LogP contribution in [-0.2, 0) is 6.42 Å². The summed E-state index contributed by atoms with van der Waals surface area (Å²) in [6.45, 7) is 0. The van der Waals surface area contributed by atoms with Gasteiger partial charge in [0.25, 0.3) is 5.56 Å². The van der Waals surface area contributed by atoms with Crippen LogP contribution in [0.2, 0.25) is 5.02 Å². The van der Waals surface area contributed by atoms with E-state index in [0.29, 0.717) is 10.7 Å². The summed E-state index contributed by atoms with van der Waals surface area (Å²) >= 11 is 6.27. The van der Waals surface area contributed by atoms with Crippen molar-refractivity contribution in [3.8, 4) is 0 Å². The van der Waals surface area contributed by atoms with Gasteiger partial charge in [0.1, 0.15) is 5.65 Å². The lowest BCUT2D eigenvalue weighted by Crippen LogP contribution is -2.24. The molecule has 1 aromatic carbocycles. The molecule has 0 radical (unpaired) electrons. The Morgan fingerprint density at radius 1 is 1.09 bits per heavy atom. The summed E-state index contributed by atoms with van der Waals surface area (Å²) in [6.07, 6.45) is 6.48. The minimum absolute atomic E-state index is 0.0374. The van der Waals surface area contributed by atoms with Crippen LogP contribution in [0.5, 0.6) is 0 Å². The fraction of sp³-hybridized carbons (Fsp3) is 0.158. The van der Waals surface area contributed by atoms with Crippen molar-refractivity contribution in [2.75, 3.05) is 0 Å². The van der Waals surface area contributed by atoms with E-state index in [4.69, 9.17) is 16.6 Å². The molecule has 0 saturated heterocycles. The Morgan fingerprint density at radius 3 is 2.78 bits per heavy atom. The number of allylic oxidation sites excluding steroid dienone is 1. The third-order valence-electron chi connectivity index (χ3n) is 4.24. The molecule has 3 aromatic rings. The lowest BCUT2D eigenvalue weighted by molar-refractivity contribution is 0.787. The molecule has 3 nitrogen and oxygen atoms in total. The fourth-order valence-electron chi connectivity index (χ4n) is 3.11. The molecule has 0 unspecified atom stereocenters. The van der Waals surface area contributed by atoms with Crippen LogP contribution in [0.3, 0.4) is 0 Å². The second-order valence-corrected chi connectivity index (χ2v) is 6.12. The molecule has 0 N–H and O–H groups in total. The van der Waals surface area contributed by atoms with E-state index in [1.54, 1.807) is 10.6 Å². The van der Waals surface area contributed by atoms with Gasteiger partial charge in [-0.2, -0.15) is 0 Å². The van der Waals surface area contributed by atoms with Gasteiger partial charge >= 0.3 is 0 Å². The first-order chi connectivity index (χ1) is 11.2. The monoisotopic (exact) mass is 322 g/mol. The molecule has 4 heteroatoms. The van der Waals surface area contributed by atoms with Crippen LogP contribution in [0.15, 0.2) is 53.5 Å². The average Bonchev–Trinajstić information content (AvgIpc) is 2.58. The maximum atomic E-state index is 12.7. The summed E-state index contributed by atoms with van der Waals surface area (Å²) in [4.78, 5) is 17.4. The number of aromatic nitrogens is 2. The highest BCUT2D eigenvalue weighted by Gasteiger charge is 2.20. The first kappa shape index (κ1) is 14.2. The van der Waals surface area contributed by atoms with E-state index in [1.807, 2.05) is 42.5 Å². The van der Waals surface area contributed by atoms with Gasteiger partial charge in [-0.3, -0.25) is 9.20 Å². The minimum atomic E-state index is 0.0374. The minimum Gasteiger partial charge on any atom is -0.269 e. The second kappa shape index (κ2) is 5.67. The van der Waals surface area contributed by atoms with Crippen LogP contribution in [0, 0.1) is 0 Å². The third-order valence-corrected chi connectivity index (χ3v) is 4.58. The van der Waals surface area contributed by atoms with E-state index in [0.717, 1.165) is 41.7 Å². The first-order valence-corrected chi connectivity index (χ1v) is 8.07. The molecule has 23 heavy (non-hydrogen) atoms. The van der Waals surface area contributed by atoms with Gasteiger partial charge in [0.15, 0.2) is 0 Å². The van der Waals surface area contributed by atoms with Crippen LogP contribution in [0.4, 0.5) is 0 Å². The highest BCUT2D eigenvalue weighted by atomic mass is 35.5. The molecule has 1 aliphatic carbocycles. The van der Waals surface area contributed by atoms with Gasteiger partial charge in [0.2, 0.25) is 0 Å². The molecule has 0 amide bonds. The highest BCUT2D eigenvalue weighted by Crippen LogP contribution is 2.31. The molecule has 0 fully saturated rings. The molecule has 0 bridgehead atoms. The van der Waals surface area contributed by atoms with Crippen molar-refractivity contribution in [3.05, 3.63) is 80.9 Å². The Bertz CT molecular complexity index is 988. The zero-order valence-electron chi connectivity index (χ0n) is 12.5. The summed E-state index contributed by atoms with van der Waals surface area (Å²) in [6, 6.07) is 13.4. The van der Waals surface area contributed by atoms with Crippen LogP contribution in [-0.4, -0.2) is 9.38 Å². The Balaban J connectivity index is 1.95. The van der Waals surface area contributed by atoms with Gasteiger partial charge in [-0.15, -0.1) is 0 Å². The first-order valence-electron chi connectivity index (χ1n) is 7.70. The molecular formula is C19H15ClN2O. The van der Waals surface area contributed by atoms with Crippen LogP contribution < -0.4 is 5.56 Å². The van der Waals surface area contributed by atoms with Gasteiger partial charge in [0.05, 0.1) is 5.69 Å². The van der Waals surface area contributed by atoms with Gasteiger partial charge in [-0.1, -0.05) is 35.9 Å². The Morgan fingerprint density at radius 2 is 1.91 bits per heavy atom. The molecule has 0 spiro atoms. The van der Waals surface area contributed by atoms with Gasteiger partial charge in [-0.25, -0.2) is 4.98 Å². The SMILES string of the molecule is O=c1c2c(nc3ccccn13)/C(=C\c1ccccc1Cl)CCC2. The van der Waals surface area contributed by atoms with E-state index >= 15 is 0 Å². The highest BCUT2D eigenvalue weighted by molar-refractivity contribution is 6.32. The number of hydrogen-bond acceptors (Lipinski definition) is 2. The van der Waals surface area contributed by atoms with E-state index in [2.05, 4.69) is 6.08 Å². The summed E-state index contributed by atoms with van der Waals surface area (Å²) in [5.41, 5.74) is 4.40. The number of halogens is 1. The van der Waals surface area contributed by atoms with E-state index < -0.39 is 0 Å². The van der Waals surface area contributed by atoms with E-state index in [1.165, 1.54) is 0 Å². The third kappa shape index (κ3) is 2.47. The van der Waals surface area contributed by atoms with Crippen LogP contribution in [0.25, 0.3) is 17.3 Å². The molecule has 2 heterocycles. The smallest absolute Gasteiger partial charge is 0.261 e. The molecule has 2 aromatic heterocycles. The fourth-order valence-corrected chi connectivity index (χ4v) is 3.30. The molecule has 4 rings (SSSR count). The summed E-state index contributed by atoms with van der Waals surface area (Å²) < 4.78 is 1.62. The van der Waals surface area contributed by atoms with Crippen molar-refractivity contribution < 1.29 is 0 Å². The van der Waals surface area contributed by atoms with Crippen molar-refractivity contribution in [1.29, 1.82) is 0 Å². The van der Waals surface area contributed by atoms with Crippen molar-refractivity contribution in [1.82, 2.24) is 9.38 Å². The van der Waals surface area contributed by atoms with Crippen molar-refractivity contribution in [2.45, 2.75) is 19.3 Å². The van der Waals surface area contributed by atoms with Crippen LogP contribution in [0.1, 0.15) is 29.7 Å². The number of benzene rings is 1. The zero-order valence-corrected chi connectivity index (χ0v) is 13.3. The number of nitrogens with zero attached hydrogens (tertiary/aromatic N) is 2. The molecule has 1 aliphatic rings. The predicted molar refractivity (Wildman–Crippen MR) is 93.7 cm³/mol. The molecule has 0 aliphatic heterocycles. The average molecular weight is 323 g/mol. The molecule has 114 valence electrons. The van der Waals surface area contributed by atoms with Crippen molar-refractivity contribution in [2.24, 2.45) is 0 Å². The topological polar surface area (TPSA) is 34.4 Å². The van der Waals surface area contributed by atoms with Crippen LogP contribution >= 0.6 is 11.6 Å². The number of pyridine rings is 1. The lowest BCUT2D eigenvalue weighted by atomic mass is 9.91. The van der Waals surface area contributed by atoms with Crippen molar-refractivity contribution >= 4 is 28.9 Å². The number of hydrogen-bond donors (Lipinski definition) is 0. The van der Waals surface area contributed by atoms with Gasteiger partial charge in [-0.05, 0) is 54.7 Å². The molecule has 0 saturated carbocycles.